The van der Waals surface area contributed by atoms with E-state index in [1.54, 1.807) is 38.2 Å². The number of rotatable bonds is 3. The lowest BCUT2D eigenvalue weighted by Crippen LogP contribution is -2.30. The first-order valence-electron chi connectivity index (χ1n) is 6.37. The Morgan fingerprint density at radius 1 is 1.30 bits per heavy atom. The molecule has 0 spiro atoms. The van der Waals surface area contributed by atoms with Gasteiger partial charge in [-0.2, -0.15) is 5.26 Å². The van der Waals surface area contributed by atoms with Crippen molar-refractivity contribution in [3.8, 4) is 6.07 Å². The molecule has 0 saturated heterocycles. The van der Waals surface area contributed by atoms with Crippen molar-refractivity contribution >= 4 is 16.7 Å². The van der Waals surface area contributed by atoms with Crippen LogP contribution in [0.2, 0.25) is 0 Å². The van der Waals surface area contributed by atoms with Gasteiger partial charge in [-0.3, -0.25) is 4.79 Å². The smallest absolute Gasteiger partial charge is 0.254 e. The highest BCUT2D eigenvalue weighted by molar-refractivity contribution is 6.07. The Morgan fingerprint density at radius 3 is 2.60 bits per heavy atom. The first-order chi connectivity index (χ1) is 9.54. The lowest BCUT2D eigenvalue weighted by atomic mass is 10.0. The van der Waals surface area contributed by atoms with Crippen LogP contribution in [0.1, 0.15) is 17.3 Å². The molecule has 20 heavy (non-hydrogen) atoms. The number of hydrogen-bond donors (Lipinski definition) is 0. The Balaban J connectivity index is 2.41. The van der Waals surface area contributed by atoms with E-state index in [2.05, 4.69) is 6.07 Å². The number of carbonyl (C=O) groups excluding carboxylic acids is 1. The summed E-state index contributed by atoms with van der Waals surface area (Å²) in [6, 6.07) is 11.8. The van der Waals surface area contributed by atoms with E-state index in [0.29, 0.717) is 22.9 Å². The van der Waals surface area contributed by atoms with Gasteiger partial charge >= 0.3 is 0 Å². The Bertz CT molecular complexity index is 690. The SMILES string of the molecule is CC(C#N)CN(C)C(=O)c1ccc(F)c2ccccc12. The number of nitrogens with zero attached hydrogens (tertiary/aromatic N) is 2. The molecular weight excluding hydrogens is 255 g/mol. The third-order valence-electron chi connectivity index (χ3n) is 3.22. The molecule has 2 aromatic carbocycles. The van der Waals surface area contributed by atoms with Gasteiger partial charge in [-0.05, 0) is 24.4 Å². The lowest BCUT2D eigenvalue weighted by Gasteiger charge is -2.19. The molecule has 0 aliphatic carbocycles. The molecular formula is C16H15FN2O. The summed E-state index contributed by atoms with van der Waals surface area (Å²) in [6.45, 7) is 2.10. The summed E-state index contributed by atoms with van der Waals surface area (Å²) in [5, 5.41) is 9.83. The van der Waals surface area contributed by atoms with Crippen LogP contribution < -0.4 is 0 Å². The first kappa shape index (κ1) is 14.0. The van der Waals surface area contributed by atoms with Crippen LogP contribution in [-0.4, -0.2) is 24.4 Å². The van der Waals surface area contributed by atoms with E-state index in [4.69, 9.17) is 5.26 Å². The fourth-order valence-electron chi connectivity index (χ4n) is 2.19. The standard InChI is InChI=1S/C16H15FN2O/c1-11(9-18)10-19(2)16(20)14-7-8-15(17)13-6-4-3-5-12(13)14/h3-8,11H,10H2,1-2H3. The minimum atomic E-state index is -0.342. The average Bonchev–Trinajstić information content (AvgIpc) is 2.47. The zero-order valence-corrected chi connectivity index (χ0v) is 11.4. The maximum absolute atomic E-state index is 13.7. The summed E-state index contributed by atoms with van der Waals surface area (Å²) in [6.07, 6.45) is 0. The molecule has 0 fully saturated rings. The van der Waals surface area contributed by atoms with Crippen molar-refractivity contribution in [1.29, 1.82) is 5.26 Å². The molecule has 0 saturated carbocycles. The van der Waals surface area contributed by atoms with E-state index >= 15 is 0 Å². The van der Waals surface area contributed by atoms with Gasteiger partial charge in [-0.25, -0.2) is 4.39 Å². The topological polar surface area (TPSA) is 44.1 Å². The van der Waals surface area contributed by atoms with Crippen LogP contribution >= 0.6 is 0 Å². The molecule has 0 radical (unpaired) electrons. The van der Waals surface area contributed by atoms with Gasteiger partial charge in [-0.1, -0.05) is 24.3 Å². The lowest BCUT2D eigenvalue weighted by molar-refractivity contribution is 0.0787. The quantitative estimate of drug-likeness (QED) is 0.859. The summed E-state index contributed by atoms with van der Waals surface area (Å²) in [4.78, 5) is 13.9. The van der Waals surface area contributed by atoms with Crippen LogP contribution in [-0.2, 0) is 0 Å². The largest absolute Gasteiger partial charge is 0.340 e. The highest BCUT2D eigenvalue weighted by atomic mass is 19.1. The van der Waals surface area contributed by atoms with Gasteiger partial charge < -0.3 is 4.90 Å². The number of fused-ring (bicyclic) bond motifs is 1. The van der Waals surface area contributed by atoms with Crippen molar-refractivity contribution in [3.05, 3.63) is 47.8 Å². The van der Waals surface area contributed by atoms with Crippen LogP contribution in [0.15, 0.2) is 36.4 Å². The molecule has 1 unspecified atom stereocenters. The molecule has 1 amide bonds. The molecule has 2 rings (SSSR count). The molecule has 0 aromatic heterocycles. The van der Waals surface area contributed by atoms with Crippen molar-refractivity contribution in [2.75, 3.05) is 13.6 Å². The first-order valence-corrected chi connectivity index (χ1v) is 6.37. The van der Waals surface area contributed by atoms with E-state index in [9.17, 15) is 9.18 Å². The van der Waals surface area contributed by atoms with Gasteiger partial charge in [0, 0.05) is 24.5 Å². The Kier molecular flexibility index (Phi) is 3.99. The number of benzene rings is 2. The summed E-state index contributed by atoms with van der Waals surface area (Å²) in [7, 11) is 1.65. The van der Waals surface area contributed by atoms with E-state index in [1.807, 2.05) is 0 Å². The minimum Gasteiger partial charge on any atom is -0.340 e. The molecule has 0 N–H and O–H groups in total. The maximum Gasteiger partial charge on any atom is 0.254 e. The number of halogens is 1. The molecule has 0 heterocycles. The fourth-order valence-corrected chi connectivity index (χ4v) is 2.19. The second-order valence-corrected chi connectivity index (χ2v) is 4.86. The van der Waals surface area contributed by atoms with Gasteiger partial charge in [0.15, 0.2) is 0 Å². The van der Waals surface area contributed by atoms with Gasteiger partial charge in [0.1, 0.15) is 5.82 Å². The van der Waals surface area contributed by atoms with Crippen molar-refractivity contribution in [1.82, 2.24) is 4.90 Å². The zero-order valence-electron chi connectivity index (χ0n) is 11.4. The fraction of sp³-hybridized carbons (Fsp3) is 0.250. The zero-order chi connectivity index (χ0) is 14.7. The Hall–Kier alpha value is -2.41. The molecule has 3 nitrogen and oxygen atoms in total. The third-order valence-corrected chi connectivity index (χ3v) is 3.22. The second kappa shape index (κ2) is 5.70. The third kappa shape index (κ3) is 2.62. The van der Waals surface area contributed by atoms with Gasteiger partial charge in [0.2, 0.25) is 0 Å². The molecule has 0 bridgehead atoms. The highest BCUT2D eigenvalue weighted by Crippen LogP contribution is 2.23. The van der Waals surface area contributed by atoms with E-state index in [-0.39, 0.29) is 17.6 Å². The highest BCUT2D eigenvalue weighted by Gasteiger charge is 2.17. The number of carbonyl (C=O) groups is 1. The van der Waals surface area contributed by atoms with Crippen molar-refractivity contribution in [3.63, 3.8) is 0 Å². The predicted octanol–water partition coefficient (Wildman–Crippen LogP) is 3.21. The predicted molar refractivity (Wildman–Crippen MR) is 75.6 cm³/mol. The number of hydrogen-bond acceptors (Lipinski definition) is 2. The van der Waals surface area contributed by atoms with Gasteiger partial charge in [0.25, 0.3) is 5.91 Å². The Morgan fingerprint density at radius 2 is 1.95 bits per heavy atom. The van der Waals surface area contributed by atoms with Crippen LogP contribution in [0.4, 0.5) is 4.39 Å². The molecule has 0 aliphatic heterocycles. The Labute approximate surface area is 117 Å². The number of amides is 1. The second-order valence-electron chi connectivity index (χ2n) is 4.86. The normalized spacial score (nSPS) is 11.9. The van der Waals surface area contributed by atoms with Gasteiger partial charge in [-0.15, -0.1) is 0 Å². The minimum absolute atomic E-state index is 0.205. The van der Waals surface area contributed by atoms with E-state index in [1.165, 1.54) is 17.0 Å². The maximum atomic E-state index is 13.7. The summed E-state index contributed by atoms with van der Waals surface area (Å²) < 4.78 is 13.7. The molecule has 1 atom stereocenters. The van der Waals surface area contributed by atoms with E-state index < -0.39 is 0 Å². The van der Waals surface area contributed by atoms with Crippen LogP contribution in [0.5, 0.6) is 0 Å². The molecule has 4 heteroatoms. The number of nitriles is 1. The molecule has 0 aliphatic rings. The van der Waals surface area contributed by atoms with Crippen LogP contribution in [0.25, 0.3) is 10.8 Å². The molecule has 2 aromatic rings. The van der Waals surface area contributed by atoms with Crippen molar-refractivity contribution in [2.24, 2.45) is 5.92 Å². The monoisotopic (exact) mass is 270 g/mol. The summed E-state index contributed by atoms with van der Waals surface area (Å²) in [5.74, 6) is -0.788. The summed E-state index contributed by atoms with van der Waals surface area (Å²) >= 11 is 0. The summed E-state index contributed by atoms with van der Waals surface area (Å²) in [5.41, 5.74) is 0.453. The average molecular weight is 270 g/mol. The van der Waals surface area contributed by atoms with Crippen LogP contribution in [0, 0.1) is 23.1 Å². The van der Waals surface area contributed by atoms with Crippen molar-refractivity contribution < 1.29 is 9.18 Å². The van der Waals surface area contributed by atoms with E-state index in [0.717, 1.165) is 0 Å². The van der Waals surface area contributed by atoms with Crippen molar-refractivity contribution in [2.45, 2.75) is 6.92 Å². The molecule has 102 valence electrons. The van der Waals surface area contributed by atoms with Gasteiger partial charge in [0.05, 0.1) is 12.0 Å². The van der Waals surface area contributed by atoms with Crippen LogP contribution in [0.3, 0.4) is 0 Å².